The second kappa shape index (κ2) is 9.82. The highest BCUT2D eigenvalue weighted by molar-refractivity contribution is 7.10. The number of nitrogens with one attached hydrogen (secondary N) is 2. The van der Waals surface area contributed by atoms with Crippen molar-refractivity contribution in [2.45, 2.75) is 31.8 Å². The minimum Gasteiger partial charge on any atom is -0.466 e. The van der Waals surface area contributed by atoms with Gasteiger partial charge in [-0.3, -0.25) is 9.59 Å². The lowest BCUT2D eigenvalue weighted by Crippen LogP contribution is -2.54. The van der Waals surface area contributed by atoms with E-state index in [9.17, 15) is 9.59 Å². The second-order valence-corrected chi connectivity index (χ2v) is 6.72. The Kier molecular flexibility index (Phi) is 7.48. The van der Waals surface area contributed by atoms with Crippen LogP contribution in [-0.2, 0) is 9.59 Å². The third-order valence-corrected chi connectivity index (χ3v) is 4.49. The summed E-state index contributed by atoms with van der Waals surface area (Å²) in [5.74, 6) is -1.63. The number of nitrogens with zero attached hydrogens (tertiary/aromatic N) is 4. The van der Waals surface area contributed by atoms with Crippen LogP contribution in [0.1, 0.15) is 19.8 Å². The number of primary amides is 2. The van der Waals surface area contributed by atoms with Crippen molar-refractivity contribution in [3.05, 3.63) is 0 Å². The topological polar surface area (TPSA) is 180 Å². The summed E-state index contributed by atoms with van der Waals surface area (Å²) in [5, 5.41) is 6.00. The molecule has 2 amide bonds. The van der Waals surface area contributed by atoms with E-state index in [-0.39, 0.29) is 22.3 Å². The van der Waals surface area contributed by atoms with E-state index in [4.69, 9.17) is 20.9 Å². The predicted molar refractivity (Wildman–Crippen MR) is 100.0 cm³/mol. The normalized spacial score (nSPS) is 12.8. The molecular weight excluding hydrogens is 396 g/mol. The molecule has 0 fully saturated rings. The second-order valence-electron chi connectivity index (χ2n) is 5.22. The van der Waals surface area contributed by atoms with Crippen LogP contribution in [-0.4, -0.2) is 56.3 Å². The SMILES string of the molecule is CCCCOc1nsc(NC(C(N)=O)C(Nc2nc(OC)ns2)C(N)=O)n1. The molecule has 0 bridgehead atoms. The average Bonchev–Trinajstić information content (AvgIpc) is 3.27. The fourth-order valence-electron chi connectivity index (χ4n) is 1.89. The molecule has 0 aromatic carbocycles. The van der Waals surface area contributed by atoms with Gasteiger partial charge in [-0.15, -0.1) is 8.75 Å². The van der Waals surface area contributed by atoms with Crippen molar-refractivity contribution in [1.29, 1.82) is 0 Å². The first-order valence-electron chi connectivity index (χ1n) is 7.90. The van der Waals surface area contributed by atoms with Gasteiger partial charge in [0.15, 0.2) is 0 Å². The number of ether oxygens (including phenoxy) is 2. The number of aromatic nitrogens is 4. The molecule has 12 nitrogen and oxygen atoms in total. The Morgan fingerprint density at radius 1 is 1.04 bits per heavy atom. The zero-order valence-corrected chi connectivity index (χ0v) is 16.3. The predicted octanol–water partition coefficient (Wildman–Crippen LogP) is -0.191. The molecule has 2 aromatic rings. The molecule has 27 heavy (non-hydrogen) atoms. The molecule has 2 heterocycles. The van der Waals surface area contributed by atoms with E-state index in [1.807, 2.05) is 6.92 Å². The quantitative estimate of drug-likeness (QED) is 0.338. The van der Waals surface area contributed by atoms with Crippen molar-refractivity contribution in [1.82, 2.24) is 18.7 Å². The molecular formula is C13H20N8O4S2. The van der Waals surface area contributed by atoms with Crippen LogP contribution in [0, 0.1) is 0 Å². The Labute approximate surface area is 163 Å². The van der Waals surface area contributed by atoms with Crippen molar-refractivity contribution in [3.63, 3.8) is 0 Å². The molecule has 2 rings (SSSR count). The Morgan fingerprint density at radius 3 is 2.00 bits per heavy atom. The highest BCUT2D eigenvalue weighted by atomic mass is 32.1. The first-order chi connectivity index (χ1) is 12.9. The summed E-state index contributed by atoms with van der Waals surface area (Å²) in [7, 11) is 1.40. The van der Waals surface area contributed by atoms with Crippen molar-refractivity contribution in [2.24, 2.45) is 11.5 Å². The average molecular weight is 416 g/mol. The molecule has 0 aliphatic rings. The fraction of sp³-hybridized carbons (Fsp3) is 0.538. The minimum absolute atomic E-state index is 0.118. The van der Waals surface area contributed by atoms with E-state index < -0.39 is 23.9 Å². The third kappa shape index (κ3) is 5.89. The summed E-state index contributed by atoms with van der Waals surface area (Å²) in [4.78, 5) is 31.9. The maximum Gasteiger partial charge on any atom is 0.330 e. The van der Waals surface area contributed by atoms with Crippen LogP contribution in [0.15, 0.2) is 0 Å². The van der Waals surface area contributed by atoms with E-state index in [2.05, 4.69) is 29.3 Å². The van der Waals surface area contributed by atoms with Gasteiger partial charge in [-0.2, -0.15) is 9.97 Å². The highest BCUT2D eigenvalue weighted by Gasteiger charge is 2.33. The number of rotatable bonds is 12. The third-order valence-electron chi connectivity index (χ3n) is 3.23. The zero-order chi connectivity index (χ0) is 19.8. The molecule has 0 aliphatic heterocycles. The van der Waals surface area contributed by atoms with Crippen molar-refractivity contribution < 1.29 is 19.1 Å². The van der Waals surface area contributed by atoms with Gasteiger partial charge in [0.1, 0.15) is 12.1 Å². The number of amides is 2. The molecule has 2 aromatic heterocycles. The van der Waals surface area contributed by atoms with Crippen LogP contribution in [0.25, 0.3) is 0 Å². The van der Waals surface area contributed by atoms with Gasteiger partial charge in [0, 0.05) is 23.1 Å². The van der Waals surface area contributed by atoms with Crippen LogP contribution in [0.2, 0.25) is 0 Å². The number of anilines is 2. The molecule has 0 radical (unpaired) electrons. The Morgan fingerprint density at radius 2 is 1.56 bits per heavy atom. The van der Waals surface area contributed by atoms with E-state index in [1.165, 1.54) is 7.11 Å². The molecule has 2 atom stereocenters. The largest absolute Gasteiger partial charge is 0.466 e. The maximum atomic E-state index is 11.9. The van der Waals surface area contributed by atoms with Gasteiger partial charge in [0.2, 0.25) is 22.1 Å². The molecule has 0 aliphatic carbocycles. The molecule has 0 spiro atoms. The molecule has 2 unspecified atom stereocenters. The Bertz CT molecular complexity index is 767. The summed E-state index contributed by atoms with van der Waals surface area (Å²) in [6, 6.07) is -2.11. The molecule has 0 saturated heterocycles. The van der Waals surface area contributed by atoms with Crippen molar-refractivity contribution >= 4 is 45.1 Å². The Balaban J connectivity index is 2.10. The number of methoxy groups -OCH3 is 1. The van der Waals surface area contributed by atoms with E-state index in [0.29, 0.717) is 6.61 Å². The molecule has 0 saturated carbocycles. The number of unbranched alkanes of at least 4 members (excludes halogenated alkanes) is 1. The summed E-state index contributed by atoms with van der Waals surface area (Å²) in [6.07, 6.45) is 1.84. The number of carbonyl (C=O) groups excluding carboxylic acids is 2. The lowest BCUT2D eigenvalue weighted by atomic mass is 10.1. The smallest absolute Gasteiger partial charge is 0.330 e. The van der Waals surface area contributed by atoms with Gasteiger partial charge in [-0.25, -0.2) is 0 Å². The lowest BCUT2D eigenvalue weighted by Gasteiger charge is -2.23. The minimum atomic E-state index is -1.20. The number of carbonyl (C=O) groups is 2. The van der Waals surface area contributed by atoms with Gasteiger partial charge in [-0.1, -0.05) is 13.3 Å². The maximum absolute atomic E-state index is 11.9. The fourth-order valence-corrected chi connectivity index (χ4v) is 3.03. The van der Waals surface area contributed by atoms with E-state index >= 15 is 0 Å². The first kappa shape index (κ1) is 20.6. The van der Waals surface area contributed by atoms with Gasteiger partial charge < -0.3 is 31.6 Å². The van der Waals surface area contributed by atoms with E-state index in [0.717, 1.165) is 35.9 Å². The van der Waals surface area contributed by atoms with Crippen LogP contribution < -0.4 is 31.6 Å². The number of hydrogen-bond donors (Lipinski definition) is 4. The van der Waals surface area contributed by atoms with Crippen molar-refractivity contribution in [2.75, 3.05) is 24.4 Å². The van der Waals surface area contributed by atoms with Crippen LogP contribution in [0.4, 0.5) is 10.3 Å². The van der Waals surface area contributed by atoms with Gasteiger partial charge in [0.25, 0.3) is 0 Å². The molecule has 14 heteroatoms. The van der Waals surface area contributed by atoms with Gasteiger partial charge in [0.05, 0.1) is 13.7 Å². The number of nitrogens with two attached hydrogens (primary N) is 2. The lowest BCUT2D eigenvalue weighted by molar-refractivity contribution is -0.124. The van der Waals surface area contributed by atoms with E-state index in [1.54, 1.807) is 0 Å². The monoisotopic (exact) mass is 416 g/mol. The molecule has 148 valence electrons. The highest BCUT2D eigenvalue weighted by Crippen LogP contribution is 2.21. The number of hydrogen-bond acceptors (Lipinski definition) is 12. The standard InChI is InChI=1S/C13H20N8O4S2/c1-3-4-5-25-11-19-13(27-21-11)17-7(9(15)23)6(8(14)22)16-12-18-10(24-2)20-26-12/h6-7H,3-5H2,1-2H3,(H2,14,22)(H2,15,23)(H,16,18,20)(H,17,19,21). The van der Waals surface area contributed by atoms with Gasteiger partial charge >= 0.3 is 12.0 Å². The van der Waals surface area contributed by atoms with Crippen molar-refractivity contribution in [3.8, 4) is 12.0 Å². The summed E-state index contributed by atoms with van der Waals surface area (Å²) < 4.78 is 18.2. The first-order valence-corrected chi connectivity index (χ1v) is 9.45. The Hall–Kier alpha value is -2.74. The van der Waals surface area contributed by atoms with Crippen LogP contribution in [0.3, 0.4) is 0 Å². The van der Waals surface area contributed by atoms with Crippen LogP contribution >= 0.6 is 23.1 Å². The van der Waals surface area contributed by atoms with Crippen LogP contribution in [0.5, 0.6) is 12.0 Å². The summed E-state index contributed by atoms with van der Waals surface area (Å²) in [6.45, 7) is 2.52. The molecule has 6 N–H and O–H groups in total. The zero-order valence-electron chi connectivity index (χ0n) is 14.7. The summed E-state index contributed by atoms with van der Waals surface area (Å²) in [5.41, 5.74) is 10.9. The van der Waals surface area contributed by atoms with Gasteiger partial charge in [-0.05, 0) is 6.42 Å². The summed E-state index contributed by atoms with van der Waals surface area (Å²) >= 11 is 1.91.